The van der Waals surface area contributed by atoms with Crippen LogP contribution in [0.1, 0.15) is 36.7 Å². The van der Waals surface area contributed by atoms with Crippen molar-refractivity contribution in [1.82, 2.24) is 29.3 Å². The summed E-state index contributed by atoms with van der Waals surface area (Å²) in [5.74, 6) is 0.601. The predicted octanol–water partition coefficient (Wildman–Crippen LogP) is 3.80. The lowest BCUT2D eigenvalue weighted by Crippen LogP contribution is -2.31. The van der Waals surface area contributed by atoms with Crippen LogP contribution in [-0.2, 0) is 6.54 Å². The lowest BCUT2D eigenvalue weighted by atomic mass is 10.2. The van der Waals surface area contributed by atoms with Crippen molar-refractivity contribution in [1.29, 1.82) is 0 Å². The fourth-order valence-corrected chi connectivity index (χ4v) is 3.61. The second-order valence-corrected chi connectivity index (χ2v) is 8.66. The van der Waals surface area contributed by atoms with Gasteiger partial charge in [-0.1, -0.05) is 11.6 Å². The molecule has 0 saturated carbocycles. The molecule has 4 aromatic rings. The molecule has 2 N–H and O–H groups in total. The molecule has 0 unspecified atom stereocenters. The van der Waals surface area contributed by atoms with Gasteiger partial charge in [0.05, 0.1) is 29.4 Å². The zero-order chi connectivity index (χ0) is 24.8. The highest BCUT2D eigenvalue weighted by Crippen LogP contribution is 2.27. The molecule has 0 spiro atoms. The van der Waals surface area contributed by atoms with Crippen LogP contribution in [0.3, 0.4) is 0 Å². The van der Waals surface area contributed by atoms with E-state index in [9.17, 15) is 4.79 Å². The van der Waals surface area contributed by atoms with Gasteiger partial charge >= 0.3 is 0 Å². The van der Waals surface area contributed by atoms with E-state index in [2.05, 4.69) is 28.9 Å². The maximum atomic E-state index is 11.3. The van der Waals surface area contributed by atoms with E-state index in [0.717, 1.165) is 18.5 Å². The minimum atomic E-state index is -0.486. The van der Waals surface area contributed by atoms with Crippen molar-refractivity contribution in [3.63, 3.8) is 0 Å². The van der Waals surface area contributed by atoms with Crippen LogP contribution in [0.2, 0.25) is 5.02 Å². The zero-order valence-corrected chi connectivity index (χ0v) is 20.3. The molecule has 4 rings (SSSR count). The average molecular weight is 495 g/mol. The number of carbonyl (C=O) groups excluding carboxylic acids is 1. The molecular formula is C24H27ClN8O2. The summed E-state index contributed by atoms with van der Waals surface area (Å²) in [5.41, 5.74) is 7.16. The van der Waals surface area contributed by atoms with Gasteiger partial charge in [0.1, 0.15) is 5.75 Å². The molecule has 11 heteroatoms. The highest BCUT2D eigenvalue weighted by atomic mass is 35.5. The Bertz CT molecular complexity index is 1260. The molecular weight excluding hydrogens is 468 g/mol. The van der Waals surface area contributed by atoms with Crippen molar-refractivity contribution in [2.24, 2.45) is 5.73 Å². The van der Waals surface area contributed by atoms with E-state index in [1.54, 1.807) is 49.2 Å². The van der Waals surface area contributed by atoms with Gasteiger partial charge in [-0.05, 0) is 44.5 Å². The summed E-state index contributed by atoms with van der Waals surface area (Å²) in [7, 11) is 0. The highest BCUT2D eigenvalue weighted by Gasteiger charge is 2.16. The Morgan fingerprint density at radius 3 is 2.69 bits per heavy atom. The van der Waals surface area contributed by atoms with E-state index in [4.69, 9.17) is 27.1 Å². The molecule has 0 bridgehead atoms. The Morgan fingerprint density at radius 1 is 1.23 bits per heavy atom. The number of hydrogen-bond donors (Lipinski definition) is 1. The first-order valence-electron chi connectivity index (χ1n) is 11.2. The minimum absolute atomic E-state index is 0.201. The molecule has 3 aromatic heterocycles. The van der Waals surface area contributed by atoms with Gasteiger partial charge in [-0.25, -0.2) is 15.0 Å². The molecule has 10 nitrogen and oxygen atoms in total. The number of benzene rings is 1. The molecule has 0 atom stereocenters. The summed E-state index contributed by atoms with van der Waals surface area (Å²) in [4.78, 5) is 26.6. The Hall–Kier alpha value is -3.92. The van der Waals surface area contributed by atoms with E-state index >= 15 is 0 Å². The van der Waals surface area contributed by atoms with Crippen LogP contribution in [0.15, 0.2) is 61.6 Å². The second kappa shape index (κ2) is 11.0. The number of primary amides is 1. The number of hydrogen-bond acceptors (Lipinski definition) is 7. The summed E-state index contributed by atoms with van der Waals surface area (Å²) in [6, 6.07) is 6.89. The fraction of sp³-hybridized carbons (Fsp3) is 0.292. The van der Waals surface area contributed by atoms with Crippen molar-refractivity contribution >= 4 is 23.5 Å². The van der Waals surface area contributed by atoms with Crippen LogP contribution in [-0.4, -0.2) is 48.5 Å². The lowest BCUT2D eigenvalue weighted by Gasteiger charge is -2.23. The number of rotatable bonds is 11. The summed E-state index contributed by atoms with van der Waals surface area (Å²) < 4.78 is 9.85. The monoisotopic (exact) mass is 494 g/mol. The molecule has 0 aliphatic heterocycles. The number of ether oxygens (including phenoxy) is 1. The third-order valence-corrected chi connectivity index (χ3v) is 5.62. The molecule has 0 aliphatic rings. The average Bonchev–Trinajstić information content (AvgIpc) is 3.54. The molecule has 3 heterocycles. The van der Waals surface area contributed by atoms with Crippen LogP contribution >= 0.6 is 11.6 Å². The second-order valence-electron chi connectivity index (χ2n) is 8.25. The van der Waals surface area contributed by atoms with Crippen molar-refractivity contribution in [3.8, 4) is 17.0 Å². The standard InChI is InChI=1S/C24H27ClN8O2/c1-17(2)33-14-19(12-29-33)22-21(25)13-28-24(30-22)32(10-3-9-31-11-8-27-15-31)16-35-20-6-4-18(5-7-20)23(26)34/h4-8,11-15,17H,3,9-10,16H2,1-2H3,(H2,26,34). The van der Waals surface area contributed by atoms with Gasteiger partial charge < -0.3 is 19.9 Å². The van der Waals surface area contributed by atoms with Gasteiger partial charge in [-0.3, -0.25) is 9.48 Å². The summed E-state index contributed by atoms with van der Waals surface area (Å²) >= 11 is 6.45. The summed E-state index contributed by atoms with van der Waals surface area (Å²) in [6.45, 7) is 5.72. The van der Waals surface area contributed by atoms with Crippen molar-refractivity contribution in [2.75, 3.05) is 18.2 Å². The van der Waals surface area contributed by atoms with Gasteiger partial charge in [0, 0.05) is 48.8 Å². The summed E-state index contributed by atoms with van der Waals surface area (Å²) in [5, 5.41) is 4.84. The number of nitrogens with two attached hydrogens (primary N) is 1. The quantitative estimate of drug-likeness (QED) is 0.315. The fourth-order valence-electron chi connectivity index (χ4n) is 3.41. The van der Waals surface area contributed by atoms with Crippen LogP contribution in [0.25, 0.3) is 11.3 Å². The first-order chi connectivity index (χ1) is 16.9. The molecule has 1 amide bonds. The third-order valence-electron chi connectivity index (χ3n) is 5.35. The SMILES string of the molecule is CC(C)n1cc(-c2nc(N(CCCn3ccnc3)COc3ccc(C(N)=O)cc3)ncc2Cl)cn1. The number of nitrogens with zero attached hydrogens (tertiary/aromatic N) is 7. The van der Waals surface area contributed by atoms with Crippen LogP contribution in [0.4, 0.5) is 5.95 Å². The first kappa shape index (κ1) is 24.2. The Balaban J connectivity index is 1.54. The van der Waals surface area contributed by atoms with Crippen LogP contribution in [0.5, 0.6) is 5.75 Å². The van der Waals surface area contributed by atoms with Gasteiger partial charge in [-0.15, -0.1) is 0 Å². The molecule has 1 aromatic carbocycles. The number of carbonyl (C=O) groups is 1. The maximum Gasteiger partial charge on any atom is 0.248 e. The number of imidazole rings is 1. The van der Waals surface area contributed by atoms with Crippen molar-refractivity contribution < 1.29 is 9.53 Å². The van der Waals surface area contributed by atoms with E-state index < -0.39 is 5.91 Å². The van der Waals surface area contributed by atoms with E-state index in [0.29, 0.717) is 34.5 Å². The topological polar surface area (TPSA) is 117 Å². The molecule has 0 radical (unpaired) electrons. The number of amides is 1. The molecule has 0 saturated heterocycles. The Morgan fingerprint density at radius 2 is 2.03 bits per heavy atom. The van der Waals surface area contributed by atoms with Crippen molar-refractivity contribution in [2.45, 2.75) is 32.9 Å². The van der Waals surface area contributed by atoms with Gasteiger partial charge in [0.2, 0.25) is 11.9 Å². The van der Waals surface area contributed by atoms with Crippen molar-refractivity contribution in [3.05, 3.63) is 72.2 Å². The normalized spacial score (nSPS) is 11.1. The molecule has 0 fully saturated rings. The highest BCUT2D eigenvalue weighted by molar-refractivity contribution is 6.32. The number of anilines is 1. The van der Waals surface area contributed by atoms with E-state index in [1.807, 2.05) is 26.5 Å². The van der Waals surface area contributed by atoms with E-state index in [-0.39, 0.29) is 12.8 Å². The van der Waals surface area contributed by atoms with Gasteiger partial charge in [0.25, 0.3) is 0 Å². The number of halogens is 1. The molecule has 35 heavy (non-hydrogen) atoms. The first-order valence-corrected chi connectivity index (χ1v) is 11.6. The molecule has 182 valence electrons. The lowest BCUT2D eigenvalue weighted by molar-refractivity contribution is 0.1000. The number of aromatic nitrogens is 6. The predicted molar refractivity (Wildman–Crippen MR) is 133 cm³/mol. The summed E-state index contributed by atoms with van der Waals surface area (Å²) in [6.07, 6.45) is 11.5. The Kier molecular flexibility index (Phi) is 7.61. The maximum absolute atomic E-state index is 11.3. The molecule has 0 aliphatic carbocycles. The van der Waals surface area contributed by atoms with Crippen LogP contribution < -0.4 is 15.4 Å². The van der Waals surface area contributed by atoms with Gasteiger partial charge in [0.15, 0.2) is 6.73 Å². The van der Waals surface area contributed by atoms with Crippen LogP contribution in [0, 0.1) is 0 Å². The minimum Gasteiger partial charge on any atom is -0.473 e. The largest absolute Gasteiger partial charge is 0.473 e. The smallest absolute Gasteiger partial charge is 0.248 e. The van der Waals surface area contributed by atoms with E-state index in [1.165, 1.54) is 0 Å². The third kappa shape index (κ3) is 6.15. The zero-order valence-electron chi connectivity index (χ0n) is 19.6. The number of aryl methyl sites for hydroxylation is 1. The van der Waals surface area contributed by atoms with Gasteiger partial charge in [-0.2, -0.15) is 5.10 Å². The Labute approximate surface area is 208 Å².